The smallest absolute Gasteiger partial charge is 0.393 e. The molecule has 2 fully saturated rings. The highest BCUT2D eigenvalue weighted by molar-refractivity contribution is 5.77. The summed E-state index contributed by atoms with van der Waals surface area (Å²) in [6, 6.07) is 0. The van der Waals surface area contributed by atoms with E-state index in [0.29, 0.717) is 12.8 Å². The van der Waals surface area contributed by atoms with E-state index in [0.717, 1.165) is 38.5 Å². The number of fused-ring (bicyclic) bond motifs is 1. The first-order valence-corrected chi connectivity index (χ1v) is 9.62. The van der Waals surface area contributed by atoms with Crippen molar-refractivity contribution >= 4 is 5.91 Å². The standard InChI is InChI=1S/C19H32F3NO3/c1-12(11-23-16(25)10-18(3,26)19(20,21)22)13-6-4-7-14-15(24)8-5-9-17(13,14)2/h12-15,24,26H,4-11H2,1-3H3,(H,23,25)/t12-,13-,14+,15+,17+,18-/m1/s1. The van der Waals surface area contributed by atoms with E-state index in [9.17, 15) is 28.2 Å². The fraction of sp³-hybridized carbons (Fsp3) is 0.947. The zero-order chi connectivity index (χ0) is 19.8. The molecule has 2 aliphatic carbocycles. The number of aliphatic hydroxyl groups excluding tert-OH is 1. The second kappa shape index (κ2) is 7.66. The van der Waals surface area contributed by atoms with Gasteiger partial charge in [-0.05, 0) is 55.8 Å². The maximum Gasteiger partial charge on any atom is 0.417 e. The third kappa shape index (κ3) is 4.35. The number of nitrogens with one attached hydrogen (secondary N) is 1. The molecular formula is C19H32F3NO3. The minimum atomic E-state index is -4.84. The van der Waals surface area contributed by atoms with Gasteiger partial charge in [0.1, 0.15) is 0 Å². The second-order valence-electron chi connectivity index (χ2n) is 8.84. The van der Waals surface area contributed by atoms with E-state index in [1.54, 1.807) is 0 Å². The average Bonchev–Trinajstić information content (AvgIpc) is 2.50. The summed E-state index contributed by atoms with van der Waals surface area (Å²) < 4.78 is 38.1. The van der Waals surface area contributed by atoms with Crippen molar-refractivity contribution in [1.82, 2.24) is 5.32 Å². The van der Waals surface area contributed by atoms with Gasteiger partial charge in [-0.1, -0.05) is 26.7 Å². The summed E-state index contributed by atoms with van der Waals surface area (Å²) in [5.74, 6) is -0.105. The third-order valence-corrected chi connectivity index (χ3v) is 6.83. The molecule has 0 aromatic rings. The van der Waals surface area contributed by atoms with Crippen molar-refractivity contribution in [3.63, 3.8) is 0 Å². The summed E-state index contributed by atoms with van der Waals surface area (Å²) >= 11 is 0. The Morgan fingerprint density at radius 1 is 1.27 bits per heavy atom. The predicted octanol–water partition coefficient (Wildman–Crippen LogP) is 3.41. The number of hydrogen-bond donors (Lipinski definition) is 3. The van der Waals surface area contributed by atoms with Crippen LogP contribution in [-0.4, -0.2) is 40.5 Å². The van der Waals surface area contributed by atoms with Crippen LogP contribution in [0.3, 0.4) is 0 Å². The fourth-order valence-electron chi connectivity index (χ4n) is 5.22. The van der Waals surface area contributed by atoms with E-state index < -0.39 is 24.1 Å². The summed E-state index contributed by atoms with van der Waals surface area (Å²) in [7, 11) is 0. The normalized spacial score (nSPS) is 35.9. The number of alkyl halides is 3. The molecule has 0 spiro atoms. The lowest BCUT2D eigenvalue weighted by molar-refractivity contribution is -0.253. The van der Waals surface area contributed by atoms with Gasteiger partial charge in [-0.15, -0.1) is 0 Å². The molecule has 26 heavy (non-hydrogen) atoms. The molecule has 0 unspecified atom stereocenters. The monoisotopic (exact) mass is 379 g/mol. The van der Waals surface area contributed by atoms with Gasteiger partial charge in [-0.2, -0.15) is 13.2 Å². The van der Waals surface area contributed by atoms with Crippen molar-refractivity contribution in [2.24, 2.45) is 23.2 Å². The molecule has 2 saturated carbocycles. The van der Waals surface area contributed by atoms with Crippen molar-refractivity contribution < 1.29 is 28.2 Å². The average molecular weight is 379 g/mol. The van der Waals surface area contributed by atoms with Gasteiger partial charge in [0, 0.05) is 6.54 Å². The van der Waals surface area contributed by atoms with Gasteiger partial charge in [-0.25, -0.2) is 0 Å². The lowest BCUT2D eigenvalue weighted by atomic mass is 9.52. The summed E-state index contributed by atoms with van der Waals surface area (Å²) in [6.45, 7) is 5.14. The van der Waals surface area contributed by atoms with Crippen LogP contribution in [0.4, 0.5) is 13.2 Å². The van der Waals surface area contributed by atoms with E-state index in [1.807, 2.05) is 6.92 Å². The third-order valence-electron chi connectivity index (χ3n) is 6.83. The van der Waals surface area contributed by atoms with Gasteiger partial charge in [0.15, 0.2) is 5.60 Å². The fourth-order valence-corrected chi connectivity index (χ4v) is 5.22. The lowest BCUT2D eigenvalue weighted by Crippen LogP contribution is -2.51. The molecule has 2 rings (SSSR count). The summed E-state index contributed by atoms with van der Waals surface area (Å²) in [5.41, 5.74) is -3.01. The van der Waals surface area contributed by atoms with Gasteiger partial charge in [0.2, 0.25) is 5.91 Å². The highest BCUT2D eigenvalue weighted by atomic mass is 19.4. The second-order valence-corrected chi connectivity index (χ2v) is 8.84. The Balaban J connectivity index is 1.95. The molecule has 0 aromatic carbocycles. The van der Waals surface area contributed by atoms with Crippen LogP contribution in [0.2, 0.25) is 0 Å². The predicted molar refractivity (Wildman–Crippen MR) is 92.3 cm³/mol. The van der Waals surface area contributed by atoms with Gasteiger partial charge >= 0.3 is 6.18 Å². The molecule has 7 heteroatoms. The quantitative estimate of drug-likeness (QED) is 0.686. The number of halogens is 3. The number of rotatable bonds is 5. The topological polar surface area (TPSA) is 69.6 Å². The molecule has 0 bridgehead atoms. The lowest BCUT2D eigenvalue weighted by Gasteiger charge is -2.54. The zero-order valence-electron chi connectivity index (χ0n) is 15.9. The van der Waals surface area contributed by atoms with Gasteiger partial charge in [0.25, 0.3) is 0 Å². The van der Waals surface area contributed by atoms with Crippen molar-refractivity contribution in [1.29, 1.82) is 0 Å². The number of carbonyl (C=O) groups is 1. The summed E-state index contributed by atoms with van der Waals surface area (Å²) in [6.07, 6.45) is -0.185. The van der Waals surface area contributed by atoms with Crippen LogP contribution < -0.4 is 5.32 Å². The molecule has 0 aromatic heterocycles. The van der Waals surface area contributed by atoms with Crippen LogP contribution in [0.1, 0.15) is 65.7 Å². The minimum Gasteiger partial charge on any atom is -0.393 e. The van der Waals surface area contributed by atoms with E-state index in [4.69, 9.17) is 0 Å². The van der Waals surface area contributed by atoms with Gasteiger partial charge in [-0.3, -0.25) is 4.79 Å². The summed E-state index contributed by atoms with van der Waals surface area (Å²) in [4.78, 5) is 11.9. The maximum absolute atomic E-state index is 12.7. The highest BCUT2D eigenvalue weighted by Gasteiger charge is 2.52. The van der Waals surface area contributed by atoms with E-state index in [1.165, 1.54) is 0 Å². The van der Waals surface area contributed by atoms with Crippen molar-refractivity contribution in [2.75, 3.05) is 6.54 Å². The molecule has 1 amide bonds. The van der Waals surface area contributed by atoms with Crippen molar-refractivity contribution in [3.05, 3.63) is 0 Å². The van der Waals surface area contributed by atoms with E-state index >= 15 is 0 Å². The minimum absolute atomic E-state index is 0.0114. The van der Waals surface area contributed by atoms with Crippen molar-refractivity contribution in [3.8, 4) is 0 Å². The Morgan fingerprint density at radius 3 is 2.54 bits per heavy atom. The number of carbonyl (C=O) groups excluding carboxylic acids is 1. The number of amides is 1. The van der Waals surface area contributed by atoms with Crippen LogP contribution in [0.5, 0.6) is 0 Å². The molecule has 0 aliphatic heterocycles. The molecular weight excluding hydrogens is 347 g/mol. The Hall–Kier alpha value is -0.820. The molecule has 2 aliphatic rings. The van der Waals surface area contributed by atoms with Crippen LogP contribution >= 0.6 is 0 Å². The Labute approximate surface area is 153 Å². The zero-order valence-corrected chi connectivity index (χ0v) is 15.9. The number of aliphatic hydroxyl groups is 2. The molecule has 6 atom stereocenters. The Kier molecular flexibility index (Phi) is 6.33. The largest absolute Gasteiger partial charge is 0.417 e. The van der Waals surface area contributed by atoms with Crippen LogP contribution in [0.15, 0.2) is 0 Å². The Morgan fingerprint density at radius 2 is 1.92 bits per heavy atom. The maximum atomic E-state index is 12.7. The first-order valence-electron chi connectivity index (χ1n) is 9.62. The SMILES string of the molecule is C[C@H](CNC(=O)C[C@@](C)(O)C(F)(F)F)[C@H]1CCC[C@H]2[C@@H](O)CCC[C@@]12C. The van der Waals surface area contributed by atoms with Crippen LogP contribution in [0, 0.1) is 23.2 Å². The first-order chi connectivity index (χ1) is 11.9. The van der Waals surface area contributed by atoms with E-state index in [2.05, 4.69) is 12.2 Å². The molecule has 3 N–H and O–H groups in total. The van der Waals surface area contributed by atoms with E-state index in [-0.39, 0.29) is 29.9 Å². The highest BCUT2D eigenvalue weighted by Crippen LogP contribution is 2.55. The molecule has 152 valence electrons. The molecule has 0 heterocycles. The summed E-state index contributed by atoms with van der Waals surface area (Å²) in [5, 5.41) is 22.4. The number of hydrogen-bond acceptors (Lipinski definition) is 3. The van der Waals surface area contributed by atoms with Gasteiger partial charge < -0.3 is 15.5 Å². The van der Waals surface area contributed by atoms with Gasteiger partial charge in [0.05, 0.1) is 12.5 Å². The van der Waals surface area contributed by atoms with Crippen LogP contribution in [-0.2, 0) is 4.79 Å². The first kappa shape index (κ1) is 21.5. The molecule has 0 saturated heterocycles. The van der Waals surface area contributed by atoms with Crippen molar-refractivity contribution in [2.45, 2.75) is 83.6 Å². The molecule has 0 radical (unpaired) electrons. The molecule has 4 nitrogen and oxygen atoms in total. The van der Waals surface area contributed by atoms with Crippen LogP contribution in [0.25, 0.3) is 0 Å². The Bertz CT molecular complexity index is 509.